The third kappa shape index (κ3) is 8.18. The van der Waals surface area contributed by atoms with E-state index in [4.69, 9.17) is 0 Å². The van der Waals surface area contributed by atoms with Gasteiger partial charge in [0.05, 0.1) is 0 Å². The minimum Gasteiger partial charge on any atom is -0.101 e. The van der Waals surface area contributed by atoms with Crippen molar-refractivity contribution in [1.29, 1.82) is 0 Å². The highest BCUT2D eigenvalue weighted by molar-refractivity contribution is 6.08. The van der Waals surface area contributed by atoms with Crippen LogP contribution in [0, 0.1) is 5.92 Å². The highest BCUT2D eigenvalue weighted by atomic mass is 27.0. The molecule has 0 aromatic rings. The largest absolute Gasteiger partial charge is 0.211 e. The molecule has 0 N–H and O–H groups in total. The van der Waals surface area contributed by atoms with Gasteiger partial charge in [0, 0.05) is 0 Å². The van der Waals surface area contributed by atoms with Crippen molar-refractivity contribution in [2.75, 3.05) is 0 Å². The van der Waals surface area contributed by atoms with Crippen LogP contribution in [-0.4, -0.2) is 16.3 Å². The summed E-state index contributed by atoms with van der Waals surface area (Å²) in [6, 6.07) is 0. The summed E-state index contributed by atoms with van der Waals surface area (Å²) in [5.41, 5.74) is 1.46. The van der Waals surface area contributed by atoms with Crippen molar-refractivity contribution >= 4 is 16.3 Å². The van der Waals surface area contributed by atoms with Gasteiger partial charge in [0.2, 0.25) is 16.3 Å². The Morgan fingerprint density at radius 2 is 2.00 bits per heavy atom. The van der Waals surface area contributed by atoms with Gasteiger partial charge in [-0.3, -0.25) is 0 Å². The maximum Gasteiger partial charge on any atom is 0.211 e. The number of allylic oxidation sites excluding steroid dienone is 2. The maximum atomic E-state index is 2.37. The first kappa shape index (κ1) is 11.3. The minimum absolute atomic E-state index is 0.947. The van der Waals surface area contributed by atoms with Crippen LogP contribution in [0.5, 0.6) is 0 Å². The van der Waals surface area contributed by atoms with E-state index >= 15 is 0 Å². The minimum atomic E-state index is 0.947. The van der Waals surface area contributed by atoms with Gasteiger partial charge in [-0.15, -0.1) is 5.28 Å². The molecule has 0 fully saturated rings. The Balaban J connectivity index is 3.31. The summed E-state index contributed by atoms with van der Waals surface area (Å²) in [4.78, 5) is 0. The molecule has 0 spiro atoms. The third-order valence-electron chi connectivity index (χ3n) is 1.99. The topological polar surface area (TPSA) is 0 Å². The van der Waals surface area contributed by atoms with Gasteiger partial charge < -0.3 is 0 Å². The highest BCUT2D eigenvalue weighted by Gasteiger charge is 1.97. The summed E-state index contributed by atoms with van der Waals surface area (Å²) in [5.74, 6) is 0.947. The van der Waals surface area contributed by atoms with Crippen LogP contribution in [0.3, 0.4) is 0 Å². The SMILES string of the molecule is CC(C)=CCCC(C)C[CH2][AlH2]. The van der Waals surface area contributed by atoms with Gasteiger partial charge >= 0.3 is 0 Å². The number of hydrogen-bond acceptors (Lipinski definition) is 0. The lowest BCUT2D eigenvalue weighted by molar-refractivity contribution is 0.521. The Hall–Kier alpha value is 0.272. The fraction of sp³-hybridized carbons (Fsp3) is 0.800. The van der Waals surface area contributed by atoms with E-state index in [1.54, 1.807) is 0 Å². The van der Waals surface area contributed by atoms with Crippen LogP contribution in [0.15, 0.2) is 11.6 Å². The molecule has 0 aliphatic heterocycles. The molecule has 1 unspecified atom stereocenters. The fourth-order valence-electron chi connectivity index (χ4n) is 1.29. The molecule has 1 atom stereocenters. The van der Waals surface area contributed by atoms with Crippen LogP contribution in [0.4, 0.5) is 0 Å². The molecule has 0 aliphatic carbocycles. The Morgan fingerprint density at radius 3 is 2.45 bits per heavy atom. The Labute approximate surface area is 79.5 Å². The van der Waals surface area contributed by atoms with Gasteiger partial charge in [-0.25, -0.2) is 0 Å². The summed E-state index contributed by atoms with van der Waals surface area (Å²) in [6.45, 7) is 6.73. The van der Waals surface area contributed by atoms with E-state index in [9.17, 15) is 0 Å². The summed E-state index contributed by atoms with van der Waals surface area (Å²) in [7, 11) is 0. The van der Waals surface area contributed by atoms with Gasteiger partial charge in [-0.1, -0.05) is 25.0 Å². The number of rotatable bonds is 5. The molecule has 0 radical (unpaired) electrons. The van der Waals surface area contributed by atoms with Crippen molar-refractivity contribution in [2.24, 2.45) is 5.92 Å². The second-order valence-electron chi connectivity index (χ2n) is 3.75. The average Bonchev–Trinajstić information content (AvgIpc) is 1.87. The third-order valence-corrected chi connectivity index (χ3v) is 2.57. The molecule has 0 rings (SSSR count). The lowest BCUT2D eigenvalue weighted by atomic mass is 10.0. The van der Waals surface area contributed by atoms with Crippen molar-refractivity contribution in [3.63, 3.8) is 0 Å². The molecule has 0 aromatic carbocycles. The zero-order valence-corrected chi connectivity index (χ0v) is 10.5. The van der Waals surface area contributed by atoms with Gasteiger partial charge in [-0.05, 0) is 32.6 Å². The van der Waals surface area contributed by atoms with E-state index in [1.807, 2.05) is 0 Å². The van der Waals surface area contributed by atoms with E-state index in [0.717, 1.165) is 5.92 Å². The zero-order chi connectivity index (χ0) is 8.69. The van der Waals surface area contributed by atoms with Crippen LogP contribution in [0.2, 0.25) is 5.28 Å². The molecule has 1 heteroatoms. The van der Waals surface area contributed by atoms with Crippen LogP contribution >= 0.6 is 0 Å². The van der Waals surface area contributed by atoms with Crippen molar-refractivity contribution in [1.82, 2.24) is 0 Å². The van der Waals surface area contributed by atoms with Crippen LogP contribution in [0.1, 0.15) is 40.0 Å². The predicted octanol–water partition coefficient (Wildman–Crippen LogP) is 2.81. The first-order valence-corrected chi connectivity index (χ1v) is 6.21. The second-order valence-corrected chi connectivity index (χ2v) is 4.75. The molecule has 11 heavy (non-hydrogen) atoms. The lowest BCUT2D eigenvalue weighted by Gasteiger charge is -2.07. The van der Waals surface area contributed by atoms with E-state index in [2.05, 4.69) is 26.8 Å². The monoisotopic (exact) mass is 168 g/mol. The Bertz CT molecular complexity index is 112. The van der Waals surface area contributed by atoms with Crippen molar-refractivity contribution in [3.8, 4) is 0 Å². The smallest absolute Gasteiger partial charge is 0.101 e. The standard InChI is InChI=1S/C10H19.Al.2H/c1-5-10(4)8-6-7-9(2)3;;;/h7,10H,1,5-6,8H2,2-4H3;;;. The zero-order valence-electron chi connectivity index (χ0n) is 8.48. The van der Waals surface area contributed by atoms with E-state index in [1.165, 1.54) is 46.4 Å². The summed E-state index contributed by atoms with van der Waals surface area (Å²) < 4.78 is 0. The maximum absolute atomic E-state index is 2.37. The van der Waals surface area contributed by atoms with Crippen molar-refractivity contribution in [2.45, 2.75) is 45.3 Å². The summed E-state index contributed by atoms with van der Waals surface area (Å²) in [5, 5.41) is 1.47. The van der Waals surface area contributed by atoms with E-state index in [-0.39, 0.29) is 0 Å². The normalized spacial score (nSPS) is 12.6. The molecule has 0 nitrogen and oxygen atoms in total. The van der Waals surface area contributed by atoms with Crippen molar-refractivity contribution < 1.29 is 0 Å². The Kier molecular flexibility index (Phi) is 7.12. The Morgan fingerprint density at radius 1 is 1.36 bits per heavy atom. The first-order chi connectivity index (χ1) is 5.16. The lowest BCUT2D eigenvalue weighted by Crippen LogP contribution is -1.92. The van der Waals surface area contributed by atoms with E-state index < -0.39 is 0 Å². The first-order valence-electron chi connectivity index (χ1n) is 4.80. The molecule has 64 valence electrons. The molecular weight excluding hydrogens is 147 g/mol. The van der Waals surface area contributed by atoms with Gasteiger partial charge in [0.1, 0.15) is 0 Å². The molecule has 0 bridgehead atoms. The highest BCUT2D eigenvalue weighted by Crippen LogP contribution is 2.12. The average molecular weight is 168 g/mol. The molecule has 0 heterocycles. The van der Waals surface area contributed by atoms with Crippen LogP contribution in [0.25, 0.3) is 0 Å². The molecule has 0 aliphatic rings. The fourth-order valence-corrected chi connectivity index (χ4v) is 2.28. The number of hydrogen-bond donors (Lipinski definition) is 0. The molecule has 0 aromatic heterocycles. The molecule has 0 amide bonds. The predicted molar refractivity (Wildman–Crippen MR) is 55.8 cm³/mol. The van der Waals surface area contributed by atoms with Crippen LogP contribution < -0.4 is 0 Å². The molecular formula is C10H21Al. The van der Waals surface area contributed by atoms with Gasteiger partial charge in [0.15, 0.2) is 0 Å². The summed E-state index contributed by atoms with van der Waals surface area (Å²) in [6.07, 6.45) is 6.46. The van der Waals surface area contributed by atoms with Crippen LogP contribution in [-0.2, 0) is 0 Å². The molecule has 0 saturated carbocycles. The van der Waals surface area contributed by atoms with E-state index in [0.29, 0.717) is 0 Å². The second kappa shape index (κ2) is 6.95. The van der Waals surface area contributed by atoms with Crippen molar-refractivity contribution in [3.05, 3.63) is 11.6 Å². The quantitative estimate of drug-likeness (QED) is 0.437. The van der Waals surface area contributed by atoms with Gasteiger partial charge in [0.25, 0.3) is 0 Å². The van der Waals surface area contributed by atoms with Gasteiger partial charge in [-0.2, -0.15) is 0 Å². The molecule has 0 saturated heterocycles. The summed E-state index contributed by atoms with van der Waals surface area (Å²) >= 11 is 1.38.